The first-order valence-electron chi connectivity index (χ1n) is 32.4. The summed E-state index contributed by atoms with van der Waals surface area (Å²) < 4.78 is 0. The molecule has 0 unspecified atom stereocenters. The predicted molar refractivity (Wildman–Crippen MR) is 359 cm³/mol. The van der Waals surface area contributed by atoms with E-state index in [0.717, 1.165) is 0 Å². The molecule has 12 amide bonds. The Morgan fingerprint density at radius 2 is 1.14 bits per heavy atom. The number of aliphatic hydroxyl groups is 2. The molecule has 15 atom stereocenters. The van der Waals surface area contributed by atoms with Crippen LogP contribution in [0.3, 0.4) is 0 Å². The molecule has 35 heteroatoms. The highest BCUT2D eigenvalue weighted by molar-refractivity contribution is 7.80. The number of carbonyl (C=O) groups excluding carboxylic acids is 12. The highest BCUT2D eigenvalue weighted by Crippen LogP contribution is 2.27. The van der Waals surface area contributed by atoms with E-state index in [1.165, 1.54) is 23.6 Å². The fourth-order valence-electron chi connectivity index (χ4n) is 10.6. The van der Waals surface area contributed by atoms with Gasteiger partial charge in [0.25, 0.3) is 0 Å². The Balaban J connectivity index is 1.75. The smallest absolute Gasteiger partial charge is 0.326 e. The number of aliphatic carboxylic acids is 1. The molecular weight excluding hydrogens is 1290 g/mol. The van der Waals surface area contributed by atoms with Crippen LogP contribution >= 0.6 is 25.3 Å². The third-order valence-electron chi connectivity index (χ3n) is 16.7. The molecule has 0 saturated carbocycles. The molecule has 2 fully saturated rings. The molecule has 96 heavy (non-hydrogen) atoms. The van der Waals surface area contributed by atoms with E-state index >= 15 is 0 Å². The van der Waals surface area contributed by atoms with Crippen LogP contribution in [-0.4, -0.2) is 237 Å². The van der Waals surface area contributed by atoms with E-state index in [9.17, 15) is 77.6 Å². The SMILES string of the molecule is CC[C@H](C)[C@H](NC(=O)[C@@H]1CCCN1C(=O)[C@@H]1CCCN1C(=O)[C@@H](NC(=O)[C@H](CO)NC(=O)[C@H](CCCCN)NC(=O)[C@@H](NC(=O)[C@H](C)NC(=O)[C@H](CCCNC(=N)N)NC(=O)CNC(=O)[C@@H](N)CS)[C@@H](C)O)[C@@H](C)CC)C(=O)N[C@@H](CS)C(=O)N[C@@H](Cc1ccccc1)C(=O)O. The van der Waals surface area contributed by atoms with Crippen molar-refractivity contribution in [3.8, 4) is 0 Å². The molecule has 1 aromatic carbocycles. The Morgan fingerprint density at radius 1 is 0.604 bits per heavy atom. The average Bonchev–Trinajstić information content (AvgIpc) is 1.62. The topological polar surface area (TPSA) is 523 Å². The van der Waals surface area contributed by atoms with Gasteiger partial charge in [0, 0.05) is 37.6 Å². The summed E-state index contributed by atoms with van der Waals surface area (Å²) in [5.74, 6) is -12.8. The van der Waals surface area contributed by atoms with Crippen molar-refractivity contribution < 1.29 is 77.6 Å². The first-order valence-corrected chi connectivity index (χ1v) is 33.7. The monoisotopic (exact) mass is 1390 g/mol. The molecule has 0 aromatic heterocycles. The zero-order valence-electron chi connectivity index (χ0n) is 55.4. The van der Waals surface area contributed by atoms with Gasteiger partial charge in [-0.25, -0.2) is 4.79 Å². The molecule has 1 aromatic rings. The number of carbonyl (C=O) groups is 13. The number of unbranched alkanes of at least 4 members (excludes halogenated alkanes) is 1. The Bertz CT molecular complexity index is 2830. The van der Waals surface area contributed by atoms with Gasteiger partial charge in [-0.3, -0.25) is 62.9 Å². The van der Waals surface area contributed by atoms with Gasteiger partial charge in [0.15, 0.2) is 5.96 Å². The maximum absolute atomic E-state index is 14.7. The maximum Gasteiger partial charge on any atom is 0.326 e. The van der Waals surface area contributed by atoms with Crippen molar-refractivity contribution in [1.82, 2.24) is 68.3 Å². The van der Waals surface area contributed by atoms with Gasteiger partial charge < -0.3 is 101 Å². The van der Waals surface area contributed by atoms with Crippen LogP contribution in [0.15, 0.2) is 30.3 Å². The molecule has 2 saturated heterocycles. The van der Waals surface area contributed by atoms with Crippen molar-refractivity contribution in [3.05, 3.63) is 35.9 Å². The van der Waals surface area contributed by atoms with Crippen molar-refractivity contribution in [2.45, 2.75) is 197 Å². The lowest BCUT2D eigenvalue weighted by atomic mass is 9.96. The Kier molecular flexibility index (Phi) is 36.0. The molecule has 0 aliphatic carbocycles. The number of likely N-dealkylation sites (tertiary alicyclic amines) is 2. The summed E-state index contributed by atoms with van der Waals surface area (Å²) in [6, 6.07) is -7.37. The number of nitrogens with two attached hydrogens (primary N) is 3. The minimum absolute atomic E-state index is 0.00859. The van der Waals surface area contributed by atoms with Crippen LogP contribution in [0, 0.1) is 17.2 Å². The summed E-state index contributed by atoms with van der Waals surface area (Å²) >= 11 is 8.20. The molecule has 3 rings (SSSR count). The van der Waals surface area contributed by atoms with E-state index in [-0.39, 0.29) is 88.6 Å². The minimum atomic E-state index is -1.76. The summed E-state index contributed by atoms with van der Waals surface area (Å²) in [6.45, 7) is 8.31. The Hall–Kier alpha value is -7.86. The third-order valence-corrected chi connectivity index (χ3v) is 17.5. The van der Waals surface area contributed by atoms with Crippen LogP contribution in [0.1, 0.15) is 118 Å². The van der Waals surface area contributed by atoms with E-state index in [0.29, 0.717) is 37.7 Å². The highest BCUT2D eigenvalue weighted by atomic mass is 32.1. The molecule has 2 aliphatic rings. The van der Waals surface area contributed by atoms with E-state index in [4.69, 9.17) is 22.6 Å². The van der Waals surface area contributed by atoms with Crippen molar-refractivity contribution in [2.24, 2.45) is 29.0 Å². The van der Waals surface area contributed by atoms with Gasteiger partial charge >= 0.3 is 5.97 Å². The lowest BCUT2D eigenvalue weighted by molar-refractivity contribution is -0.149. The van der Waals surface area contributed by atoms with Gasteiger partial charge in [-0.1, -0.05) is 70.9 Å². The largest absolute Gasteiger partial charge is 0.480 e. The number of carboxylic acids is 1. The van der Waals surface area contributed by atoms with Gasteiger partial charge in [-0.15, -0.1) is 0 Å². The molecule has 538 valence electrons. The zero-order chi connectivity index (χ0) is 71.9. The lowest BCUT2D eigenvalue weighted by Crippen LogP contribution is -2.62. The van der Waals surface area contributed by atoms with Crippen molar-refractivity contribution >= 4 is 108 Å². The van der Waals surface area contributed by atoms with E-state index < -0.39 is 180 Å². The van der Waals surface area contributed by atoms with Crippen LogP contribution < -0.4 is 75.7 Å². The van der Waals surface area contributed by atoms with Gasteiger partial charge in [0.2, 0.25) is 70.9 Å². The maximum atomic E-state index is 14.7. The summed E-state index contributed by atoms with van der Waals surface area (Å²) in [6.07, 6.45) is 0.893. The average molecular weight is 1390 g/mol. The number of benzene rings is 1. The number of guanidine groups is 1. The third kappa shape index (κ3) is 25.9. The van der Waals surface area contributed by atoms with Crippen LogP contribution in [0.2, 0.25) is 0 Å². The number of amides is 12. The number of nitrogens with zero attached hydrogens (tertiary/aromatic N) is 2. The molecule has 21 N–H and O–H groups in total. The molecule has 0 bridgehead atoms. The second-order valence-corrected chi connectivity index (χ2v) is 24.8. The molecule has 0 spiro atoms. The quantitative estimate of drug-likeness (QED) is 0.0126. The van der Waals surface area contributed by atoms with Gasteiger partial charge in [0.1, 0.15) is 66.5 Å². The van der Waals surface area contributed by atoms with E-state index in [1.807, 2.05) is 0 Å². The normalized spacial score (nSPS) is 18.4. The number of carboxylic acid groups (broad SMARTS) is 1. The van der Waals surface area contributed by atoms with Crippen LogP contribution in [0.4, 0.5) is 0 Å². The Morgan fingerprint density at radius 3 is 1.72 bits per heavy atom. The molecule has 2 heterocycles. The van der Waals surface area contributed by atoms with Crippen molar-refractivity contribution in [3.63, 3.8) is 0 Å². The number of hydrogen-bond donors (Lipinski definition) is 20. The highest BCUT2D eigenvalue weighted by Gasteiger charge is 2.46. The second kappa shape index (κ2) is 42.0. The minimum Gasteiger partial charge on any atom is -0.480 e. The summed E-state index contributed by atoms with van der Waals surface area (Å²) in [5, 5.41) is 66.2. The molecular formula is C61H101N17O16S2. The van der Waals surface area contributed by atoms with Gasteiger partial charge in [-0.05, 0) is 95.6 Å². The number of hydrogen-bond acceptors (Lipinski definition) is 20. The predicted octanol–water partition coefficient (Wildman–Crippen LogP) is -5.16. The fraction of sp³-hybridized carbons (Fsp3) is 0.672. The Labute approximate surface area is 570 Å². The van der Waals surface area contributed by atoms with Crippen molar-refractivity contribution in [1.29, 1.82) is 5.41 Å². The number of nitrogens with one attached hydrogen (secondary N) is 12. The first kappa shape index (κ1) is 82.4. The number of rotatable bonds is 41. The first-order chi connectivity index (χ1) is 45.5. The number of aliphatic hydroxyl groups excluding tert-OH is 2. The van der Waals surface area contributed by atoms with Crippen LogP contribution in [-0.2, 0) is 68.7 Å². The van der Waals surface area contributed by atoms with Gasteiger partial charge in [-0.2, -0.15) is 25.3 Å². The fourth-order valence-corrected chi connectivity index (χ4v) is 11.0. The second-order valence-electron chi connectivity index (χ2n) is 24.1. The number of thiol groups is 2. The summed E-state index contributed by atoms with van der Waals surface area (Å²) in [7, 11) is 0. The zero-order valence-corrected chi connectivity index (χ0v) is 57.1. The molecule has 2 aliphatic heterocycles. The van der Waals surface area contributed by atoms with Crippen LogP contribution in [0.25, 0.3) is 0 Å². The molecule has 33 nitrogen and oxygen atoms in total. The summed E-state index contributed by atoms with van der Waals surface area (Å²) in [4.78, 5) is 180. The summed E-state index contributed by atoms with van der Waals surface area (Å²) in [5.41, 5.74) is 17.4. The lowest BCUT2D eigenvalue weighted by Gasteiger charge is -2.35. The van der Waals surface area contributed by atoms with E-state index in [1.54, 1.807) is 58.0 Å². The van der Waals surface area contributed by atoms with Gasteiger partial charge in [0.05, 0.1) is 25.3 Å². The van der Waals surface area contributed by atoms with Crippen molar-refractivity contribution in [2.75, 3.05) is 50.8 Å². The standard InChI is InChI=1S/C61H101N17O16S2/c1-7-32(3)46(56(89)73-42(31-96)54(87)71-40(60(93)94)27-36-17-10-9-11-18-36)74-55(88)43-21-15-25-77(43)58(91)44-22-16-26-78(44)59(92)47(33(4)8-2)75-53(86)41(29-79)72-52(85)39(19-12-13-23-62)70-57(90)48(35(6)80)76-49(82)34(5)68-51(84)38(20-14-24-66-61(64)65)69-45(81)28-67-50(83)37(63)30-95/h9-11,17-18,32-35,37-44,46-48,79-80,95-96H,7-8,12-16,19-31,62-63H2,1-6H3,(H,67,83)(H,68,84)(H,69,81)(H,70,90)(H,71,87)(H,72,85)(H,73,89)(H,74,88)(H,75,86)(H,76,82)(H,93,94)(H4,64,65,66)/t32-,33-,34-,35+,37-,38-,39-,40-,41-,42-,43-,44-,46-,47-,48-/m0/s1. The van der Waals surface area contributed by atoms with Crippen LogP contribution in [0.5, 0.6) is 0 Å². The van der Waals surface area contributed by atoms with E-state index in [2.05, 4.69) is 83.7 Å². The molecule has 0 radical (unpaired) electrons.